The summed E-state index contributed by atoms with van der Waals surface area (Å²) in [6.07, 6.45) is 1.71. The van der Waals surface area contributed by atoms with Crippen LogP contribution in [0.25, 0.3) is 27.3 Å². The number of rotatable bonds is 5. The van der Waals surface area contributed by atoms with E-state index >= 15 is 0 Å². The summed E-state index contributed by atoms with van der Waals surface area (Å²) in [4.78, 5) is 31.0. The first-order chi connectivity index (χ1) is 16.6. The molecule has 0 unspecified atom stereocenters. The van der Waals surface area contributed by atoms with Crippen LogP contribution >= 0.6 is 23.1 Å². The Morgan fingerprint density at radius 1 is 1.06 bits per heavy atom. The van der Waals surface area contributed by atoms with Crippen molar-refractivity contribution in [3.8, 4) is 11.4 Å². The van der Waals surface area contributed by atoms with Gasteiger partial charge in [-0.1, -0.05) is 30.0 Å². The van der Waals surface area contributed by atoms with Crippen molar-refractivity contribution < 1.29 is 4.74 Å². The molecule has 0 aliphatic carbocycles. The first kappa shape index (κ1) is 20.6. The van der Waals surface area contributed by atoms with Crippen molar-refractivity contribution in [2.45, 2.75) is 10.9 Å². The molecule has 0 spiro atoms. The van der Waals surface area contributed by atoms with Gasteiger partial charge in [-0.05, 0) is 24.3 Å². The Morgan fingerprint density at radius 3 is 2.82 bits per heavy atom. The second-order valence-corrected chi connectivity index (χ2v) is 9.22. The highest BCUT2D eigenvalue weighted by Gasteiger charge is 2.18. The van der Waals surface area contributed by atoms with Crippen molar-refractivity contribution in [1.29, 1.82) is 0 Å². The molecule has 34 heavy (non-hydrogen) atoms. The minimum atomic E-state index is -0.196. The molecule has 0 aliphatic heterocycles. The predicted molar refractivity (Wildman–Crippen MR) is 132 cm³/mol. The van der Waals surface area contributed by atoms with E-state index in [1.165, 1.54) is 38.1 Å². The molecule has 0 bridgehead atoms. The fraction of sp³-hybridized carbons (Fsp3) is 0.0870. The van der Waals surface area contributed by atoms with Gasteiger partial charge >= 0.3 is 0 Å². The van der Waals surface area contributed by atoms with E-state index in [1.807, 2.05) is 46.2 Å². The van der Waals surface area contributed by atoms with Crippen LogP contribution in [0.5, 0.6) is 5.75 Å². The highest BCUT2D eigenvalue weighted by Crippen LogP contribution is 2.26. The van der Waals surface area contributed by atoms with E-state index in [-0.39, 0.29) is 11.1 Å². The maximum Gasteiger partial charge on any atom is 0.267 e. The second kappa shape index (κ2) is 8.12. The molecule has 0 radical (unpaired) electrons. The molecule has 0 N–H and O–H groups in total. The zero-order valence-corrected chi connectivity index (χ0v) is 19.4. The van der Waals surface area contributed by atoms with Crippen LogP contribution in [0.3, 0.4) is 0 Å². The molecular weight excluding hydrogens is 472 g/mol. The third kappa shape index (κ3) is 3.28. The number of para-hydroxylation sites is 1. The fourth-order valence-corrected chi connectivity index (χ4v) is 5.43. The molecule has 0 aliphatic rings. The molecule has 4 aromatic heterocycles. The molecule has 6 rings (SSSR count). The first-order valence-electron chi connectivity index (χ1n) is 10.3. The van der Waals surface area contributed by atoms with Gasteiger partial charge in [0.2, 0.25) is 5.78 Å². The van der Waals surface area contributed by atoms with Crippen molar-refractivity contribution >= 4 is 44.7 Å². The van der Waals surface area contributed by atoms with Gasteiger partial charge in [-0.3, -0.25) is 18.4 Å². The molecule has 0 amide bonds. The number of hydrogen-bond acceptors (Lipinski definition) is 8. The Hall–Kier alpha value is -3.96. The van der Waals surface area contributed by atoms with Crippen LogP contribution in [-0.2, 0) is 5.75 Å². The molecule has 0 saturated carbocycles. The summed E-state index contributed by atoms with van der Waals surface area (Å²) >= 11 is 2.81. The highest BCUT2D eigenvalue weighted by molar-refractivity contribution is 7.98. The van der Waals surface area contributed by atoms with Crippen LogP contribution in [0.1, 0.15) is 5.69 Å². The minimum absolute atomic E-state index is 0.120. The second-order valence-electron chi connectivity index (χ2n) is 7.41. The number of thioether (sulfide) groups is 1. The number of aromatic nitrogens is 6. The zero-order chi connectivity index (χ0) is 23.2. The number of nitrogens with zero attached hydrogens (tertiary/aromatic N) is 6. The van der Waals surface area contributed by atoms with Crippen LogP contribution in [-0.4, -0.2) is 35.7 Å². The lowest BCUT2D eigenvalue weighted by molar-refractivity contribution is 0.414. The summed E-state index contributed by atoms with van der Waals surface area (Å²) in [7, 11) is 1.58. The normalized spacial score (nSPS) is 11.6. The summed E-state index contributed by atoms with van der Waals surface area (Å²) in [5.41, 5.74) is 1.67. The smallest absolute Gasteiger partial charge is 0.267 e. The third-order valence-corrected chi connectivity index (χ3v) is 7.13. The third-order valence-electron chi connectivity index (χ3n) is 5.41. The van der Waals surface area contributed by atoms with Crippen molar-refractivity contribution in [3.05, 3.63) is 92.6 Å². The largest absolute Gasteiger partial charge is 0.497 e. The van der Waals surface area contributed by atoms with Crippen molar-refractivity contribution in [2.24, 2.45) is 0 Å². The lowest BCUT2D eigenvalue weighted by Crippen LogP contribution is -2.21. The predicted octanol–water partition coefficient (Wildman–Crippen LogP) is 3.40. The molecule has 168 valence electrons. The van der Waals surface area contributed by atoms with E-state index in [1.54, 1.807) is 25.4 Å². The summed E-state index contributed by atoms with van der Waals surface area (Å²) in [6, 6.07) is 16.1. The number of fused-ring (bicyclic) bond motifs is 4. The minimum Gasteiger partial charge on any atom is -0.497 e. The first-order valence-corrected chi connectivity index (χ1v) is 12.1. The Bertz CT molecular complexity index is 1820. The molecule has 0 fully saturated rings. The van der Waals surface area contributed by atoms with Crippen molar-refractivity contribution in [1.82, 2.24) is 28.5 Å². The molecule has 11 heteroatoms. The zero-order valence-electron chi connectivity index (χ0n) is 17.8. The number of ether oxygens (including phenoxy) is 1. The summed E-state index contributed by atoms with van der Waals surface area (Å²) in [6.45, 7) is 0. The topological polar surface area (TPSA) is 95.8 Å². The SMILES string of the molecule is COc1cccc(-n2c(=O)c3ccccc3n3c(SCc4cc(=O)n5ccsc5n4)nnc23)c1. The van der Waals surface area contributed by atoms with Crippen molar-refractivity contribution in [2.75, 3.05) is 7.11 Å². The van der Waals surface area contributed by atoms with Gasteiger partial charge in [-0.15, -0.1) is 21.5 Å². The van der Waals surface area contributed by atoms with Crippen LogP contribution in [0.15, 0.2) is 80.9 Å². The molecule has 2 aromatic carbocycles. The average Bonchev–Trinajstić information content (AvgIpc) is 3.51. The molecule has 6 aromatic rings. The van der Waals surface area contributed by atoms with E-state index in [0.29, 0.717) is 49.7 Å². The van der Waals surface area contributed by atoms with Gasteiger partial charge in [-0.25, -0.2) is 9.55 Å². The Labute approximate surface area is 199 Å². The van der Waals surface area contributed by atoms with Crippen LogP contribution in [0.2, 0.25) is 0 Å². The maximum absolute atomic E-state index is 13.5. The molecule has 0 atom stereocenters. The number of hydrogen-bond donors (Lipinski definition) is 0. The maximum atomic E-state index is 13.5. The number of thiazole rings is 1. The Balaban J connectivity index is 1.51. The van der Waals surface area contributed by atoms with E-state index in [9.17, 15) is 9.59 Å². The van der Waals surface area contributed by atoms with Gasteiger partial charge in [-0.2, -0.15) is 0 Å². The lowest BCUT2D eigenvalue weighted by Gasteiger charge is -2.12. The fourth-order valence-electron chi connectivity index (χ4n) is 3.85. The molecule has 4 heterocycles. The van der Waals surface area contributed by atoms with Crippen molar-refractivity contribution in [3.63, 3.8) is 0 Å². The van der Waals surface area contributed by atoms with Crippen LogP contribution < -0.4 is 15.9 Å². The van der Waals surface area contributed by atoms with Gasteiger partial charge in [0.25, 0.3) is 11.1 Å². The lowest BCUT2D eigenvalue weighted by atomic mass is 10.2. The van der Waals surface area contributed by atoms with Gasteiger partial charge < -0.3 is 4.74 Å². The monoisotopic (exact) mass is 488 g/mol. The Morgan fingerprint density at radius 2 is 1.94 bits per heavy atom. The van der Waals surface area contributed by atoms with E-state index < -0.39 is 0 Å². The average molecular weight is 489 g/mol. The van der Waals surface area contributed by atoms with E-state index in [2.05, 4.69) is 15.2 Å². The summed E-state index contributed by atoms with van der Waals surface area (Å²) < 4.78 is 10.3. The van der Waals surface area contributed by atoms with E-state index in [4.69, 9.17) is 4.74 Å². The van der Waals surface area contributed by atoms with Gasteiger partial charge in [0.1, 0.15) is 5.75 Å². The van der Waals surface area contributed by atoms with Crippen LogP contribution in [0.4, 0.5) is 0 Å². The standard InChI is InChI=1S/C23H16N6O3S2/c1-32-16-6-4-5-15(12-16)28-20(31)17-7-2-3-8-18(17)29-21(28)25-26-23(29)34-13-14-11-19(30)27-9-10-33-22(27)24-14/h2-12H,13H2,1H3. The number of benzene rings is 2. The number of methoxy groups -OCH3 is 1. The van der Waals surface area contributed by atoms with Gasteiger partial charge in [0.05, 0.1) is 29.4 Å². The Kier molecular flexibility index (Phi) is 4.93. The summed E-state index contributed by atoms with van der Waals surface area (Å²) in [5.74, 6) is 1.45. The van der Waals surface area contributed by atoms with E-state index in [0.717, 1.165) is 0 Å². The molecule has 0 saturated heterocycles. The molecule has 9 nitrogen and oxygen atoms in total. The van der Waals surface area contributed by atoms with Crippen LogP contribution in [0, 0.1) is 0 Å². The quantitative estimate of drug-likeness (QED) is 0.343. The van der Waals surface area contributed by atoms with Gasteiger partial charge in [0.15, 0.2) is 10.1 Å². The van der Waals surface area contributed by atoms with Gasteiger partial charge in [0, 0.05) is 29.5 Å². The molecular formula is C23H16N6O3S2. The summed E-state index contributed by atoms with van der Waals surface area (Å²) in [5, 5.41) is 11.7. The highest BCUT2D eigenvalue weighted by atomic mass is 32.2.